The van der Waals surface area contributed by atoms with E-state index in [1.165, 1.54) is 11.3 Å². The number of amides is 1. The topological polar surface area (TPSA) is 66.6 Å². The predicted molar refractivity (Wildman–Crippen MR) is 89.4 cm³/mol. The Morgan fingerprint density at radius 2 is 2.05 bits per heavy atom. The second-order valence-electron chi connectivity index (χ2n) is 5.29. The highest BCUT2D eigenvalue weighted by Crippen LogP contribution is 2.19. The van der Waals surface area contributed by atoms with Crippen LogP contribution in [0.2, 0.25) is 0 Å². The number of thiophene rings is 1. The average Bonchev–Trinajstić information content (AvgIpc) is 3.08. The number of carbonyl (C=O) groups is 1. The van der Waals surface area contributed by atoms with Crippen molar-refractivity contribution in [3.05, 3.63) is 58.3 Å². The molecule has 1 amide bonds. The fourth-order valence-corrected chi connectivity index (χ4v) is 2.93. The van der Waals surface area contributed by atoms with Gasteiger partial charge in [0.1, 0.15) is 0 Å². The van der Waals surface area contributed by atoms with Crippen molar-refractivity contribution in [1.82, 2.24) is 4.90 Å². The maximum Gasteiger partial charge on any atom is 0.239 e. The van der Waals surface area contributed by atoms with E-state index in [-0.39, 0.29) is 12.5 Å². The lowest BCUT2D eigenvalue weighted by atomic mass is 10.1. The third-order valence-electron chi connectivity index (χ3n) is 3.61. The van der Waals surface area contributed by atoms with Gasteiger partial charge in [-0.2, -0.15) is 11.3 Å². The smallest absolute Gasteiger partial charge is 0.239 e. The second-order valence-corrected chi connectivity index (χ2v) is 6.07. The van der Waals surface area contributed by atoms with Crippen molar-refractivity contribution in [3.63, 3.8) is 0 Å². The number of carbonyl (C=O) groups excluding carboxylic acids is 1. The van der Waals surface area contributed by atoms with E-state index in [0.29, 0.717) is 13.0 Å². The third kappa shape index (κ3) is 4.40. The summed E-state index contributed by atoms with van der Waals surface area (Å²) < 4.78 is 0. The molecule has 4 nitrogen and oxygen atoms in total. The van der Waals surface area contributed by atoms with Crippen molar-refractivity contribution in [1.29, 1.82) is 0 Å². The van der Waals surface area contributed by atoms with Crippen molar-refractivity contribution < 1.29 is 9.90 Å². The molecule has 22 heavy (non-hydrogen) atoms. The van der Waals surface area contributed by atoms with Crippen LogP contribution in [0.5, 0.6) is 0 Å². The molecule has 1 heterocycles. The van der Waals surface area contributed by atoms with Gasteiger partial charge in [-0.15, -0.1) is 0 Å². The average molecular weight is 318 g/mol. The minimum Gasteiger partial charge on any atom is -0.387 e. The molecule has 2 rings (SSSR count). The molecule has 0 spiro atoms. The molecule has 5 heteroatoms. The number of rotatable bonds is 7. The largest absolute Gasteiger partial charge is 0.387 e. The molecule has 0 aliphatic carbocycles. The van der Waals surface area contributed by atoms with E-state index < -0.39 is 12.1 Å². The molecule has 0 radical (unpaired) electrons. The van der Waals surface area contributed by atoms with E-state index in [1.807, 2.05) is 54.1 Å². The molecule has 1 aromatic carbocycles. The SMILES string of the molecule is CCC(N)C(=O)N(Cc1ccccc1)CC(O)c1ccsc1. The van der Waals surface area contributed by atoms with Crippen molar-refractivity contribution >= 4 is 17.2 Å². The van der Waals surface area contributed by atoms with Gasteiger partial charge >= 0.3 is 0 Å². The number of aliphatic hydroxyl groups excluding tert-OH is 1. The summed E-state index contributed by atoms with van der Waals surface area (Å²) in [5, 5.41) is 14.1. The summed E-state index contributed by atoms with van der Waals surface area (Å²) in [6.07, 6.45) is -0.110. The number of benzene rings is 1. The number of aliphatic hydroxyl groups is 1. The zero-order valence-electron chi connectivity index (χ0n) is 12.7. The van der Waals surface area contributed by atoms with Crippen LogP contribution in [0.3, 0.4) is 0 Å². The standard InChI is InChI=1S/C17H22N2O2S/c1-2-15(18)17(21)19(10-13-6-4-3-5-7-13)11-16(20)14-8-9-22-12-14/h3-9,12,15-16,20H,2,10-11,18H2,1H3. The van der Waals surface area contributed by atoms with E-state index in [1.54, 1.807) is 4.90 Å². The Balaban J connectivity index is 2.12. The highest BCUT2D eigenvalue weighted by molar-refractivity contribution is 7.07. The van der Waals surface area contributed by atoms with Crippen molar-refractivity contribution in [2.75, 3.05) is 6.54 Å². The number of nitrogens with zero attached hydrogens (tertiary/aromatic N) is 1. The minimum absolute atomic E-state index is 0.124. The summed E-state index contributed by atoms with van der Waals surface area (Å²) >= 11 is 1.53. The lowest BCUT2D eigenvalue weighted by molar-refractivity contribution is -0.134. The van der Waals surface area contributed by atoms with Crippen molar-refractivity contribution in [3.8, 4) is 0 Å². The Morgan fingerprint density at radius 1 is 1.32 bits per heavy atom. The molecule has 0 saturated heterocycles. The van der Waals surface area contributed by atoms with Gasteiger partial charge in [0.2, 0.25) is 5.91 Å². The number of nitrogens with two attached hydrogens (primary N) is 1. The summed E-state index contributed by atoms with van der Waals surface area (Å²) in [5.41, 5.74) is 7.75. The Bertz CT molecular complexity index is 572. The highest BCUT2D eigenvalue weighted by atomic mass is 32.1. The quantitative estimate of drug-likeness (QED) is 0.824. The van der Waals surface area contributed by atoms with Crippen LogP contribution >= 0.6 is 11.3 Å². The Hall–Kier alpha value is -1.69. The molecular formula is C17H22N2O2S. The summed E-state index contributed by atoms with van der Waals surface area (Å²) in [7, 11) is 0. The van der Waals surface area contributed by atoms with Crippen LogP contribution in [0.15, 0.2) is 47.2 Å². The van der Waals surface area contributed by atoms with Gasteiger partial charge in [0.05, 0.1) is 18.7 Å². The molecule has 1 aromatic heterocycles. The summed E-state index contributed by atoms with van der Waals surface area (Å²) in [6.45, 7) is 2.59. The van der Waals surface area contributed by atoms with Crippen molar-refractivity contribution in [2.24, 2.45) is 5.73 Å². The van der Waals surface area contributed by atoms with E-state index in [9.17, 15) is 9.90 Å². The van der Waals surface area contributed by atoms with Crippen LogP contribution in [-0.4, -0.2) is 28.5 Å². The zero-order valence-corrected chi connectivity index (χ0v) is 13.5. The van der Waals surface area contributed by atoms with Gasteiger partial charge in [0.15, 0.2) is 0 Å². The summed E-state index contributed by atoms with van der Waals surface area (Å²) in [4.78, 5) is 14.1. The lowest BCUT2D eigenvalue weighted by Crippen LogP contribution is -2.44. The Morgan fingerprint density at radius 3 is 2.64 bits per heavy atom. The first-order chi connectivity index (χ1) is 10.6. The van der Waals surface area contributed by atoms with Crippen LogP contribution in [-0.2, 0) is 11.3 Å². The van der Waals surface area contributed by atoms with Crippen molar-refractivity contribution in [2.45, 2.75) is 32.0 Å². The molecule has 0 fully saturated rings. The van der Waals surface area contributed by atoms with Crippen LogP contribution in [0, 0.1) is 0 Å². The van der Waals surface area contributed by atoms with Gasteiger partial charge in [0, 0.05) is 6.54 Å². The highest BCUT2D eigenvalue weighted by Gasteiger charge is 2.23. The Kier molecular flexibility index (Phi) is 6.12. The molecule has 0 bridgehead atoms. The van der Waals surface area contributed by atoms with Gasteiger partial charge in [-0.3, -0.25) is 4.79 Å². The maximum absolute atomic E-state index is 12.5. The molecule has 118 valence electrons. The van der Waals surface area contributed by atoms with Gasteiger partial charge in [0.25, 0.3) is 0 Å². The molecule has 2 unspecified atom stereocenters. The maximum atomic E-state index is 12.5. The van der Waals surface area contributed by atoms with Gasteiger partial charge in [-0.05, 0) is 34.4 Å². The molecular weight excluding hydrogens is 296 g/mol. The first-order valence-electron chi connectivity index (χ1n) is 7.40. The summed E-state index contributed by atoms with van der Waals surface area (Å²) in [6, 6.07) is 11.1. The number of hydrogen-bond acceptors (Lipinski definition) is 4. The van der Waals surface area contributed by atoms with E-state index in [4.69, 9.17) is 5.73 Å². The minimum atomic E-state index is -0.692. The fourth-order valence-electron chi connectivity index (χ4n) is 2.22. The first kappa shape index (κ1) is 16.7. The molecule has 0 aliphatic rings. The van der Waals surface area contributed by atoms with Gasteiger partial charge < -0.3 is 15.7 Å². The third-order valence-corrected chi connectivity index (χ3v) is 4.31. The Labute approximate surface area is 135 Å². The van der Waals surface area contributed by atoms with Gasteiger partial charge in [-0.1, -0.05) is 37.3 Å². The molecule has 3 N–H and O–H groups in total. The molecule has 0 aliphatic heterocycles. The van der Waals surface area contributed by atoms with Crippen LogP contribution in [0.1, 0.15) is 30.6 Å². The van der Waals surface area contributed by atoms with Crippen LogP contribution in [0.4, 0.5) is 0 Å². The van der Waals surface area contributed by atoms with Crippen LogP contribution in [0.25, 0.3) is 0 Å². The van der Waals surface area contributed by atoms with Crippen LogP contribution < -0.4 is 5.73 Å². The predicted octanol–water partition coefficient (Wildman–Crippen LogP) is 2.55. The van der Waals surface area contributed by atoms with Gasteiger partial charge in [-0.25, -0.2) is 0 Å². The molecule has 2 atom stereocenters. The first-order valence-corrected chi connectivity index (χ1v) is 8.34. The normalized spacial score (nSPS) is 13.6. The monoisotopic (exact) mass is 318 g/mol. The second kappa shape index (κ2) is 8.08. The van der Waals surface area contributed by atoms with E-state index >= 15 is 0 Å². The van der Waals surface area contributed by atoms with E-state index in [2.05, 4.69) is 0 Å². The fraction of sp³-hybridized carbons (Fsp3) is 0.353. The lowest BCUT2D eigenvalue weighted by Gasteiger charge is -2.27. The number of hydrogen-bond donors (Lipinski definition) is 2. The summed E-state index contributed by atoms with van der Waals surface area (Å²) in [5.74, 6) is -0.124. The molecule has 2 aromatic rings. The molecule has 0 saturated carbocycles. The zero-order chi connectivity index (χ0) is 15.9. The van der Waals surface area contributed by atoms with E-state index in [0.717, 1.165) is 11.1 Å².